The van der Waals surface area contributed by atoms with E-state index in [0.717, 1.165) is 16.2 Å². The second-order valence-electron chi connectivity index (χ2n) is 3.92. The second kappa shape index (κ2) is 3.91. The molecule has 0 aliphatic rings. The third-order valence-corrected chi connectivity index (χ3v) is 2.87. The zero-order valence-corrected chi connectivity index (χ0v) is 9.29. The van der Waals surface area contributed by atoms with Gasteiger partial charge in [-0.15, -0.1) is 0 Å². The van der Waals surface area contributed by atoms with Crippen molar-refractivity contribution in [2.75, 3.05) is 0 Å². The highest BCUT2D eigenvalue weighted by Crippen LogP contribution is 2.28. The van der Waals surface area contributed by atoms with Gasteiger partial charge in [0.1, 0.15) is 0 Å². The first-order valence-electron chi connectivity index (χ1n) is 5.39. The number of hydrogen-bond acceptors (Lipinski definition) is 2. The fraction of sp³-hybridized carbons (Fsp3) is 0. The van der Waals surface area contributed by atoms with Gasteiger partial charge in [0.2, 0.25) is 5.56 Å². The molecular formula is C13H8N4O. The summed E-state index contributed by atoms with van der Waals surface area (Å²) in [4.78, 5) is 17.1. The van der Waals surface area contributed by atoms with Gasteiger partial charge in [-0.3, -0.25) is 4.79 Å². The summed E-state index contributed by atoms with van der Waals surface area (Å²) in [6.45, 7) is 0. The number of nitrogens with zero attached hydrogens (tertiary/aromatic N) is 3. The highest BCUT2D eigenvalue weighted by atomic mass is 16.1. The molecule has 1 aromatic heterocycles. The van der Waals surface area contributed by atoms with Crippen molar-refractivity contribution in [3.05, 3.63) is 63.3 Å². The van der Waals surface area contributed by atoms with E-state index >= 15 is 0 Å². The predicted molar refractivity (Wildman–Crippen MR) is 70.9 cm³/mol. The minimum atomic E-state index is -0.277. The van der Waals surface area contributed by atoms with Crippen LogP contribution in [-0.2, 0) is 0 Å². The molecule has 5 nitrogen and oxygen atoms in total. The molecule has 18 heavy (non-hydrogen) atoms. The lowest BCUT2D eigenvalue weighted by Crippen LogP contribution is -2.03. The van der Waals surface area contributed by atoms with Crippen molar-refractivity contribution in [2.45, 2.75) is 0 Å². The average Bonchev–Trinajstić information content (AvgIpc) is 2.39. The Morgan fingerprint density at radius 1 is 1.11 bits per heavy atom. The quantitative estimate of drug-likeness (QED) is 0.297. The van der Waals surface area contributed by atoms with Gasteiger partial charge in [0.05, 0.1) is 11.2 Å². The van der Waals surface area contributed by atoms with Crippen molar-refractivity contribution in [2.24, 2.45) is 5.11 Å². The van der Waals surface area contributed by atoms with Crippen LogP contribution in [0.4, 0.5) is 5.69 Å². The van der Waals surface area contributed by atoms with Crippen LogP contribution in [0, 0.1) is 0 Å². The van der Waals surface area contributed by atoms with Crippen molar-refractivity contribution in [1.29, 1.82) is 0 Å². The molecule has 0 unspecified atom stereocenters. The lowest BCUT2D eigenvalue weighted by atomic mass is 10.1. The van der Waals surface area contributed by atoms with Crippen LogP contribution in [0.3, 0.4) is 0 Å². The van der Waals surface area contributed by atoms with E-state index < -0.39 is 0 Å². The van der Waals surface area contributed by atoms with Crippen molar-refractivity contribution < 1.29 is 0 Å². The molecule has 0 aliphatic carbocycles. The largest absolute Gasteiger partial charge is 0.321 e. The summed E-state index contributed by atoms with van der Waals surface area (Å²) in [5.74, 6) is 0. The van der Waals surface area contributed by atoms with Gasteiger partial charge in [0.15, 0.2) is 0 Å². The third-order valence-electron chi connectivity index (χ3n) is 2.87. The number of pyridine rings is 1. The third kappa shape index (κ3) is 1.50. The number of H-pyrrole nitrogens is 1. The monoisotopic (exact) mass is 236 g/mol. The van der Waals surface area contributed by atoms with Crippen LogP contribution in [-0.4, -0.2) is 4.98 Å². The maximum absolute atomic E-state index is 11.6. The van der Waals surface area contributed by atoms with Gasteiger partial charge in [0, 0.05) is 21.8 Å². The van der Waals surface area contributed by atoms with E-state index in [0.29, 0.717) is 11.2 Å². The van der Waals surface area contributed by atoms with Gasteiger partial charge in [-0.2, -0.15) is 0 Å². The van der Waals surface area contributed by atoms with E-state index in [4.69, 9.17) is 5.53 Å². The Kier molecular flexibility index (Phi) is 2.25. The van der Waals surface area contributed by atoms with Crippen molar-refractivity contribution >= 4 is 27.4 Å². The summed E-state index contributed by atoms with van der Waals surface area (Å²) < 4.78 is 0. The Morgan fingerprint density at radius 2 is 1.94 bits per heavy atom. The first-order chi connectivity index (χ1) is 8.79. The van der Waals surface area contributed by atoms with Crippen LogP contribution in [0.15, 0.2) is 52.4 Å². The Bertz CT molecular complexity index is 860. The molecule has 5 heteroatoms. The van der Waals surface area contributed by atoms with E-state index in [1.807, 2.05) is 36.4 Å². The van der Waals surface area contributed by atoms with Gasteiger partial charge in [0.25, 0.3) is 0 Å². The van der Waals surface area contributed by atoms with Crippen LogP contribution >= 0.6 is 0 Å². The SMILES string of the molecule is [N-]=[N+]=Nc1cc(=O)[nH]c2c1ccc1ccccc12. The molecule has 0 fully saturated rings. The summed E-state index contributed by atoms with van der Waals surface area (Å²) >= 11 is 0. The predicted octanol–water partition coefficient (Wildman–Crippen LogP) is 3.62. The smallest absolute Gasteiger partial charge is 0.248 e. The number of aromatic nitrogens is 1. The number of nitrogens with one attached hydrogen (secondary N) is 1. The molecule has 2 aromatic carbocycles. The van der Waals surface area contributed by atoms with Gasteiger partial charge >= 0.3 is 0 Å². The molecule has 0 amide bonds. The lowest BCUT2D eigenvalue weighted by Gasteiger charge is -2.05. The van der Waals surface area contributed by atoms with Crippen molar-refractivity contribution in [3.63, 3.8) is 0 Å². The Morgan fingerprint density at radius 3 is 2.78 bits per heavy atom. The van der Waals surface area contributed by atoms with Crippen molar-refractivity contribution in [3.8, 4) is 0 Å². The molecule has 1 heterocycles. The number of hydrogen-bond donors (Lipinski definition) is 1. The molecule has 86 valence electrons. The van der Waals surface area contributed by atoms with Gasteiger partial charge in [-0.25, -0.2) is 0 Å². The molecule has 0 saturated carbocycles. The van der Waals surface area contributed by atoms with E-state index in [1.165, 1.54) is 6.07 Å². The molecule has 0 aliphatic heterocycles. The summed E-state index contributed by atoms with van der Waals surface area (Å²) in [6, 6.07) is 12.8. The second-order valence-corrected chi connectivity index (χ2v) is 3.92. The summed E-state index contributed by atoms with van der Waals surface area (Å²) in [7, 11) is 0. The molecule has 0 radical (unpaired) electrons. The first-order valence-corrected chi connectivity index (χ1v) is 5.39. The maximum Gasteiger partial charge on any atom is 0.248 e. The van der Waals surface area contributed by atoms with E-state index in [-0.39, 0.29) is 5.56 Å². The van der Waals surface area contributed by atoms with Gasteiger partial charge in [-0.1, -0.05) is 41.5 Å². The number of aromatic amines is 1. The molecular weight excluding hydrogens is 228 g/mol. The fourth-order valence-electron chi connectivity index (χ4n) is 2.11. The number of rotatable bonds is 1. The van der Waals surface area contributed by atoms with Gasteiger partial charge < -0.3 is 4.98 Å². The van der Waals surface area contributed by atoms with Crippen LogP contribution in [0.25, 0.3) is 32.1 Å². The Labute approximate surface area is 101 Å². The number of fused-ring (bicyclic) bond motifs is 3. The van der Waals surface area contributed by atoms with Crippen LogP contribution < -0.4 is 5.56 Å². The summed E-state index contributed by atoms with van der Waals surface area (Å²) in [5, 5.41) is 6.26. The first kappa shape index (κ1) is 10.4. The van der Waals surface area contributed by atoms with Gasteiger partial charge in [-0.05, 0) is 10.9 Å². The Balaban J connectivity index is 2.59. The average molecular weight is 236 g/mol. The topological polar surface area (TPSA) is 81.6 Å². The fourth-order valence-corrected chi connectivity index (χ4v) is 2.11. The highest BCUT2D eigenvalue weighted by Gasteiger charge is 2.05. The zero-order valence-electron chi connectivity index (χ0n) is 9.29. The molecule has 0 spiro atoms. The minimum absolute atomic E-state index is 0.277. The lowest BCUT2D eigenvalue weighted by molar-refractivity contribution is 1.30. The molecule has 0 saturated heterocycles. The molecule has 1 N–H and O–H groups in total. The Hall–Kier alpha value is -2.78. The van der Waals surface area contributed by atoms with E-state index in [1.54, 1.807) is 0 Å². The van der Waals surface area contributed by atoms with Crippen molar-refractivity contribution in [1.82, 2.24) is 4.98 Å². The molecule has 0 atom stereocenters. The summed E-state index contributed by atoms with van der Waals surface area (Å²) in [5.41, 5.74) is 9.30. The summed E-state index contributed by atoms with van der Waals surface area (Å²) in [6.07, 6.45) is 0. The molecule has 3 aromatic rings. The maximum atomic E-state index is 11.6. The highest BCUT2D eigenvalue weighted by molar-refractivity contribution is 6.08. The van der Waals surface area contributed by atoms with E-state index in [9.17, 15) is 4.79 Å². The van der Waals surface area contributed by atoms with Crippen LogP contribution in [0.5, 0.6) is 0 Å². The van der Waals surface area contributed by atoms with Crippen LogP contribution in [0.2, 0.25) is 0 Å². The van der Waals surface area contributed by atoms with Crippen LogP contribution in [0.1, 0.15) is 0 Å². The minimum Gasteiger partial charge on any atom is -0.321 e. The van der Waals surface area contributed by atoms with E-state index in [2.05, 4.69) is 15.0 Å². The zero-order chi connectivity index (χ0) is 12.5. The molecule has 3 rings (SSSR count). The molecule has 0 bridgehead atoms. The standard InChI is InChI=1S/C13H8N4O/c14-17-16-11-7-12(18)15-13-9-4-2-1-3-8(9)5-6-10(11)13/h1-7H,(H,15,18). The number of azide groups is 1. The normalized spacial score (nSPS) is 10.4. The number of benzene rings is 2.